The summed E-state index contributed by atoms with van der Waals surface area (Å²) < 4.78 is 24.4. The van der Waals surface area contributed by atoms with Crippen molar-refractivity contribution in [2.75, 3.05) is 5.73 Å². The summed E-state index contributed by atoms with van der Waals surface area (Å²) in [5.74, 6) is -1.33. The van der Waals surface area contributed by atoms with Crippen molar-refractivity contribution in [2.24, 2.45) is 0 Å². The van der Waals surface area contributed by atoms with Gasteiger partial charge in [0.1, 0.15) is 11.6 Å². The van der Waals surface area contributed by atoms with Crippen molar-refractivity contribution in [3.63, 3.8) is 0 Å². The maximum absolute atomic E-state index is 12.2. The van der Waals surface area contributed by atoms with Crippen molar-refractivity contribution in [1.82, 2.24) is 9.97 Å². The summed E-state index contributed by atoms with van der Waals surface area (Å²) >= 11 is 0.522. The zero-order valence-corrected chi connectivity index (χ0v) is 11.1. The van der Waals surface area contributed by atoms with Crippen LogP contribution >= 0.6 is 11.8 Å². The molecule has 2 N–H and O–H groups in total. The van der Waals surface area contributed by atoms with Crippen molar-refractivity contribution < 1.29 is 8.78 Å². The molecule has 0 spiro atoms. The van der Waals surface area contributed by atoms with E-state index >= 15 is 0 Å². The van der Waals surface area contributed by atoms with Gasteiger partial charge in [0, 0.05) is 22.9 Å². The molecule has 2 rings (SSSR count). The molecule has 1 aromatic heterocycles. The van der Waals surface area contributed by atoms with Gasteiger partial charge in [-0.1, -0.05) is 30.8 Å². The summed E-state index contributed by atoms with van der Waals surface area (Å²) in [6.45, 7) is 1.95. The molecule has 100 valence electrons. The van der Waals surface area contributed by atoms with Crippen molar-refractivity contribution in [3.8, 4) is 11.3 Å². The number of aryl methyl sites for hydroxylation is 1. The van der Waals surface area contributed by atoms with Crippen molar-refractivity contribution in [1.29, 1.82) is 0 Å². The van der Waals surface area contributed by atoms with E-state index in [0.717, 1.165) is 5.56 Å². The molecular formula is C13H13F2N3S. The Bertz CT molecular complexity index is 558. The molecule has 0 radical (unpaired) electrons. The molecule has 0 unspecified atom stereocenters. The maximum Gasteiger partial charge on any atom is 0.288 e. The maximum atomic E-state index is 12.2. The lowest BCUT2D eigenvalue weighted by atomic mass is 10.1. The molecule has 0 bridgehead atoms. The first-order chi connectivity index (χ1) is 9.08. The number of alkyl halides is 2. The summed E-state index contributed by atoms with van der Waals surface area (Å²) in [5, 5.41) is 0. The normalized spacial score (nSPS) is 10.9. The van der Waals surface area contributed by atoms with Crippen molar-refractivity contribution in [3.05, 3.63) is 36.2 Å². The Labute approximate surface area is 114 Å². The Balaban J connectivity index is 2.29. The number of halogens is 2. The van der Waals surface area contributed by atoms with Crippen LogP contribution in [0.2, 0.25) is 0 Å². The minimum atomic E-state index is -2.41. The average molecular weight is 281 g/mol. The largest absolute Gasteiger partial charge is 0.384 e. The Hall–Kier alpha value is -1.69. The number of aromatic nitrogens is 2. The fraction of sp³-hybridized carbons (Fsp3) is 0.231. The van der Waals surface area contributed by atoms with Gasteiger partial charge < -0.3 is 5.73 Å². The summed E-state index contributed by atoms with van der Waals surface area (Å²) in [4.78, 5) is 8.99. The quantitative estimate of drug-likeness (QED) is 0.870. The van der Waals surface area contributed by atoms with Gasteiger partial charge in [0.05, 0.1) is 5.69 Å². The first-order valence-electron chi connectivity index (χ1n) is 5.77. The molecule has 6 heteroatoms. The van der Waals surface area contributed by atoms with Gasteiger partial charge in [0.15, 0.2) is 0 Å². The predicted octanol–water partition coefficient (Wildman–Crippen LogP) is 3.60. The molecule has 0 fully saturated rings. The van der Waals surface area contributed by atoms with Crippen LogP contribution in [0.15, 0.2) is 35.2 Å². The van der Waals surface area contributed by atoms with Crippen molar-refractivity contribution >= 4 is 17.6 Å². The van der Waals surface area contributed by atoms with Crippen LogP contribution < -0.4 is 5.73 Å². The molecule has 0 amide bonds. The zero-order valence-electron chi connectivity index (χ0n) is 10.3. The van der Waals surface area contributed by atoms with Gasteiger partial charge in [-0.05, 0) is 12.1 Å². The molecule has 3 nitrogen and oxygen atoms in total. The standard InChI is InChI=1S/C13H13F2N3S/c1-2-12-17-10(7-11(16)18-12)8-3-5-9(6-4-8)19-13(14)15/h3-7,13H,2H2,1H3,(H2,16,17,18). The minimum absolute atomic E-state index is 0.410. The molecule has 0 saturated carbocycles. The predicted molar refractivity (Wildman–Crippen MR) is 73.1 cm³/mol. The Kier molecular flexibility index (Phi) is 4.31. The van der Waals surface area contributed by atoms with Crippen LogP contribution in [0.25, 0.3) is 11.3 Å². The monoisotopic (exact) mass is 281 g/mol. The van der Waals surface area contributed by atoms with Gasteiger partial charge in [-0.3, -0.25) is 0 Å². The third-order valence-corrected chi connectivity index (χ3v) is 3.21. The number of hydrogen-bond donors (Lipinski definition) is 1. The van der Waals surface area contributed by atoms with Gasteiger partial charge in [0.2, 0.25) is 0 Å². The van der Waals surface area contributed by atoms with Crippen LogP contribution in [-0.4, -0.2) is 15.7 Å². The van der Waals surface area contributed by atoms with E-state index in [-0.39, 0.29) is 0 Å². The van der Waals surface area contributed by atoms with E-state index in [1.165, 1.54) is 0 Å². The molecule has 1 aromatic carbocycles. The second-order valence-electron chi connectivity index (χ2n) is 3.85. The van der Waals surface area contributed by atoms with Gasteiger partial charge in [-0.15, -0.1) is 0 Å². The lowest BCUT2D eigenvalue weighted by Crippen LogP contribution is -2.00. The molecule has 0 aliphatic heterocycles. The number of rotatable bonds is 4. The van der Waals surface area contributed by atoms with Crippen molar-refractivity contribution in [2.45, 2.75) is 24.0 Å². The fourth-order valence-electron chi connectivity index (χ4n) is 1.63. The SMILES string of the molecule is CCc1nc(N)cc(-c2ccc(SC(F)F)cc2)n1. The number of nitrogen functional groups attached to an aromatic ring is 1. The third kappa shape index (κ3) is 3.64. The average Bonchev–Trinajstić information content (AvgIpc) is 2.38. The topological polar surface area (TPSA) is 51.8 Å². The van der Waals surface area contributed by atoms with Crippen LogP contribution in [0.3, 0.4) is 0 Å². The lowest BCUT2D eigenvalue weighted by Gasteiger charge is -2.06. The van der Waals surface area contributed by atoms with Gasteiger partial charge in [0.25, 0.3) is 5.76 Å². The van der Waals surface area contributed by atoms with E-state index in [4.69, 9.17) is 5.73 Å². The molecule has 19 heavy (non-hydrogen) atoms. The van der Waals surface area contributed by atoms with E-state index in [1.54, 1.807) is 30.3 Å². The molecule has 2 aromatic rings. The number of nitrogens with two attached hydrogens (primary N) is 1. The van der Waals surface area contributed by atoms with Crippen LogP contribution in [0, 0.1) is 0 Å². The second-order valence-corrected chi connectivity index (χ2v) is 4.91. The molecule has 0 saturated heterocycles. The lowest BCUT2D eigenvalue weighted by molar-refractivity contribution is 0.252. The van der Waals surface area contributed by atoms with Gasteiger partial charge in [-0.2, -0.15) is 8.78 Å². The summed E-state index contributed by atoms with van der Waals surface area (Å²) in [5.41, 5.74) is 7.26. The summed E-state index contributed by atoms with van der Waals surface area (Å²) in [6.07, 6.45) is 0.692. The third-order valence-electron chi connectivity index (χ3n) is 2.48. The van der Waals surface area contributed by atoms with Gasteiger partial charge >= 0.3 is 0 Å². The van der Waals surface area contributed by atoms with E-state index < -0.39 is 5.76 Å². The smallest absolute Gasteiger partial charge is 0.288 e. The fourth-order valence-corrected chi connectivity index (χ4v) is 2.13. The number of thioether (sulfide) groups is 1. The Morgan fingerprint density at radius 3 is 2.47 bits per heavy atom. The molecule has 0 aliphatic rings. The molecule has 1 heterocycles. The summed E-state index contributed by atoms with van der Waals surface area (Å²) in [6, 6.07) is 8.48. The van der Waals surface area contributed by atoms with E-state index in [0.29, 0.717) is 40.4 Å². The van der Waals surface area contributed by atoms with Crippen LogP contribution in [-0.2, 0) is 6.42 Å². The first kappa shape index (κ1) is 13.7. The van der Waals surface area contributed by atoms with E-state index in [9.17, 15) is 8.78 Å². The van der Waals surface area contributed by atoms with Crippen LogP contribution in [0.1, 0.15) is 12.7 Å². The highest BCUT2D eigenvalue weighted by Gasteiger charge is 2.07. The molecule has 0 atom stereocenters. The second kappa shape index (κ2) is 5.97. The zero-order chi connectivity index (χ0) is 13.8. The first-order valence-corrected chi connectivity index (χ1v) is 6.65. The highest BCUT2D eigenvalue weighted by molar-refractivity contribution is 7.99. The highest BCUT2D eigenvalue weighted by Crippen LogP contribution is 2.27. The minimum Gasteiger partial charge on any atom is -0.384 e. The Morgan fingerprint density at radius 1 is 1.21 bits per heavy atom. The number of anilines is 1. The van der Waals surface area contributed by atoms with E-state index in [1.807, 2.05) is 6.92 Å². The van der Waals surface area contributed by atoms with Crippen LogP contribution in [0.5, 0.6) is 0 Å². The molecular weight excluding hydrogens is 268 g/mol. The van der Waals surface area contributed by atoms with E-state index in [2.05, 4.69) is 9.97 Å². The number of hydrogen-bond acceptors (Lipinski definition) is 4. The Morgan fingerprint density at radius 2 is 1.89 bits per heavy atom. The highest BCUT2D eigenvalue weighted by atomic mass is 32.2. The number of nitrogens with zero attached hydrogens (tertiary/aromatic N) is 2. The molecule has 0 aliphatic carbocycles. The van der Waals surface area contributed by atoms with Gasteiger partial charge in [-0.25, -0.2) is 9.97 Å². The van der Waals surface area contributed by atoms with Crippen LogP contribution in [0.4, 0.5) is 14.6 Å². The number of benzene rings is 1. The summed E-state index contributed by atoms with van der Waals surface area (Å²) in [7, 11) is 0.